The number of fused-ring (bicyclic) bond motifs is 1. The van der Waals surface area contributed by atoms with Crippen LogP contribution in [0.3, 0.4) is 0 Å². The van der Waals surface area contributed by atoms with Crippen molar-refractivity contribution in [3.63, 3.8) is 0 Å². The Hall–Kier alpha value is -2.11. The molecule has 1 aliphatic heterocycles. The molecule has 6 heteroatoms. The first-order chi connectivity index (χ1) is 9.37. The lowest BCUT2D eigenvalue weighted by atomic mass is 9.88. The molecule has 0 atom stereocenters. The number of carbonyl (C=O) groups excluding carboxylic acids is 1. The Bertz CT molecular complexity index is 680. The minimum absolute atomic E-state index is 0.0225. The van der Waals surface area contributed by atoms with E-state index in [0.29, 0.717) is 18.1 Å². The van der Waals surface area contributed by atoms with Crippen LogP contribution in [0, 0.1) is 12.3 Å². The topological polar surface area (TPSA) is 75.6 Å². The highest BCUT2D eigenvalue weighted by Crippen LogP contribution is 2.28. The van der Waals surface area contributed by atoms with Gasteiger partial charge in [-0.3, -0.25) is 9.48 Å². The smallest absolute Gasteiger partial charge is 0.271 e. The van der Waals surface area contributed by atoms with Gasteiger partial charge in [-0.25, -0.2) is 4.98 Å². The lowest BCUT2D eigenvalue weighted by molar-refractivity contribution is 0.0940. The number of nitrogens with zero attached hydrogens (tertiary/aromatic N) is 3. The maximum absolute atomic E-state index is 12.1. The summed E-state index contributed by atoms with van der Waals surface area (Å²) >= 11 is 0. The van der Waals surface area contributed by atoms with Crippen molar-refractivity contribution in [1.82, 2.24) is 25.1 Å². The number of hydrogen-bond donors (Lipinski definition) is 2. The van der Waals surface area contributed by atoms with E-state index in [2.05, 4.69) is 34.2 Å². The summed E-state index contributed by atoms with van der Waals surface area (Å²) in [5, 5.41) is 7.15. The summed E-state index contributed by atoms with van der Waals surface area (Å²) in [4.78, 5) is 19.9. The van der Waals surface area contributed by atoms with E-state index in [9.17, 15) is 4.79 Å². The molecule has 0 unspecified atom stereocenters. The number of carbonyl (C=O) groups is 1. The van der Waals surface area contributed by atoms with Gasteiger partial charge in [-0.1, -0.05) is 13.8 Å². The fourth-order valence-electron chi connectivity index (χ4n) is 2.53. The van der Waals surface area contributed by atoms with Gasteiger partial charge in [0.1, 0.15) is 11.5 Å². The van der Waals surface area contributed by atoms with Gasteiger partial charge >= 0.3 is 0 Å². The van der Waals surface area contributed by atoms with Gasteiger partial charge < -0.3 is 10.3 Å². The van der Waals surface area contributed by atoms with Crippen LogP contribution in [-0.4, -0.2) is 32.2 Å². The molecule has 3 heterocycles. The van der Waals surface area contributed by atoms with Gasteiger partial charge in [-0.2, -0.15) is 5.10 Å². The van der Waals surface area contributed by atoms with Crippen molar-refractivity contribution in [3.05, 3.63) is 23.3 Å². The molecule has 1 aliphatic rings. The predicted molar refractivity (Wildman–Crippen MR) is 75.3 cm³/mol. The first-order valence-electron chi connectivity index (χ1n) is 6.73. The van der Waals surface area contributed by atoms with Gasteiger partial charge in [0.25, 0.3) is 5.91 Å². The van der Waals surface area contributed by atoms with Gasteiger partial charge in [-0.05, 0) is 18.8 Å². The maximum Gasteiger partial charge on any atom is 0.271 e. The number of nitrogens with one attached hydrogen (secondary N) is 2. The molecule has 0 aliphatic carbocycles. The Labute approximate surface area is 117 Å². The third-order valence-corrected chi connectivity index (χ3v) is 3.87. The summed E-state index contributed by atoms with van der Waals surface area (Å²) in [7, 11) is 1.89. The van der Waals surface area contributed by atoms with E-state index in [1.54, 1.807) is 10.9 Å². The van der Waals surface area contributed by atoms with E-state index >= 15 is 0 Å². The largest absolute Gasteiger partial charge is 0.350 e. The summed E-state index contributed by atoms with van der Waals surface area (Å²) in [5.41, 5.74) is 3.39. The van der Waals surface area contributed by atoms with Crippen molar-refractivity contribution < 1.29 is 4.79 Å². The van der Waals surface area contributed by atoms with E-state index in [-0.39, 0.29) is 11.3 Å². The highest BCUT2D eigenvalue weighted by molar-refractivity contribution is 5.94. The van der Waals surface area contributed by atoms with Crippen molar-refractivity contribution in [3.8, 4) is 11.4 Å². The molecule has 2 aromatic heterocycles. The third-order valence-electron chi connectivity index (χ3n) is 3.87. The lowest BCUT2D eigenvalue weighted by Gasteiger charge is -2.21. The molecule has 2 aromatic rings. The van der Waals surface area contributed by atoms with Crippen molar-refractivity contribution in [1.29, 1.82) is 0 Å². The molecule has 0 spiro atoms. The Balaban J connectivity index is 2.08. The number of aromatic nitrogens is 4. The molecular weight excluding hydrogens is 254 g/mol. The predicted octanol–water partition coefficient (Wildman–Crippen LogP) is 1.43. The van der Waals surface area contributed by atoms with E-state index < -0.39 is 0 Å². The monoisotopic (exact) mass is 273 g/mol. The highest BCUT2D eigenvalue weighted by atomic mass is 16.1. The number of H-pyrrole nitrogens is 1. The molecule has 0 saturated carbocycles. The number of rotatable bonds is 1. The molecule has 106 valence electrons. The molecule has 3 rings (SSSR count). The Morgan fingerprint density at radius 2 is 2.15 bits per heavy atom. The third kappa shape index (κ3) is 2.01. The number of amides is 1. The number of aromatic amines is 1. The van der Waals surface area contributed by atoms with Crippen molar-refractivity contribution in [2.75, 3.05) is 6.54 Å². The highest BCUT2D eigenvalue weighted by Gasteiger charge is 2.30. The van der Waals surface area contributed by atoms with E-state index in [4.69, 9.17) is 0 Å². The zero-order chi connectivity index (χ0) is 14.5. The fraction of sp³-hybridized carbons (Fsp3) is 0.500. The van der Waals surface area contributed by atoms with Crippen molar-refractivity contribution in [2.24, 2.45) is 12.5 Å². The summed E-state index contributed by atoms with van der Waals surface area (Å²) < 4.78 is 1.80. The van der Waals surface area contributed by atoms with Crippen molar-refractivity contribution in [2.45, 2.75) is 27.2 Å². The molecule has 0 saturated heterocycles. The maximum atomic E-state index is 12.1. The molecule has 0 aromatic carbocycles. The van der Waals surface area contributed by atoms with Gasteiger partial charge in [0.15, 0.2) is 0 Å². The second-order valence-electron chi connectivity index (χ2n) is 6.20. The molecule has 0 fully saturated rings. The second kappa shape index (κ2) is 4.19. The van der Waals surface area contributed by atoms with Crippen LogP contribution in [0.25, 0.3) is 11.4 Å². The van der Waals surface area contributed by atoms with Gasteiger partial charge in [0, 0.05) is 25.0 Å². The van der Waals surface area contributed by atoms with E-state index in [1.807, 2.05) is 14.0 Å². The Morgan fingerprint density at radius 1 is 1.40 bits per heavy atom. The summed E-state index contributed by atoms with van der Waals surface area (Å²) in [6, 6.07) is 0. The van der Waals surface area contributed by atoms with Gasteiger partial charge in [-0.15, -0.1) is 0 Å². The lowest BCUT2D eigenvalue weighted by Crippen LogP contribution is -2.32. The second-order valence-corrected chi connectivity index (χ2v) is 6.20. The fourth-order valence-corrected chi connectivity index (χ4v) is 2.53. The average Bonchev–Trinajstić information content (AvgIpc) is 2.89. The van der Waals surface area contributed by atoms with Crippen LogP contribution in [0.4, 0.5) is 0 Å². The minimum Gasteiger partial charge on any atom is -0.350 e. The Kier molecular flexibility index (Phi) is 2.70. The minimum atomic E-state index is -0.102. The Morgan fingerprint density at radius 3 is 2.80 bits per heavy atom. The first kappa shape index (κ1) is 12.9. The van der Waals surface area contributed by atoms with Crippen LogP contribution in [0.5, 0.6) is 0 Å². The SMILES string of the molecule is Cc1c(-c2nc3c([nH]2)CC(C)(C)CNC3=O)cnn1C. The van der Waals surface area contributed by atoms with Gasteiger partial charge in [0.2, 0.25) is 0 Å². The van der Waals surface area contributed by atoms with Crippen LogP contribution in [-0.2, 0) is 13.5 Å². The molecular formula is C14H19N5O. The molecule has 20 heavy (non-hydrogen) atoms. The van der Waals surface area contributed by atoms with Crippen molar-refractivity contribution >= 4 is 5.91 Å². The van der Waals surface area contributed by atoms with Crippen LogP contribution in [0.1, 0.15) is 35.7 Å². The standard InChI is InChI=1S/C14H19N5O/c1-8-9(6-16-19(8)4)12-17-10-5-14(2,3)7-15-13(20)11(10)18-12/h6H,5,7H2,1-4H3,(H,15,20)(H,17,18). The van der Waals surface area contributed by atoms with E-state index in [0.717, 1.165) is 23.4 Å². The summed E-state index contributed by atoms with van der Waals surface area (Å²) in [6.07, 6.45) is 2.57. The molecule has 0 bridgehead atoms. The van der Waals surface area contributed by atoms with Gasteiger partial charge in [0.05, 0.1) is 11.8 Å². The molecule has 0 radical (unpaired) electrons. The summed E-state index contributed by atoms with van der Waals surface area (Å²) in [6.45, 7) is 6.92. The molecule has 1 amide bonds. The quantitative estimate of drug-likeness (QED) is 0.825. The van der Waals surface area contributed by atoms with Crippen LogP contribution in [0.15, 0.2) is 6.20 Å². The molecule has 6 nitrogen and oxygen atoms in total. The zero-order valence-corrected chi connectivity index (χ0v) is 12.2. The number of imidazole rings is 1. The van der Waals surface area contributed by atoms with Crippen LogP contribution >= 0.6 is 0 Å². The first-order valence-corrected chi connectivity index (χ1v) is 6.73. The average molecular weight is 273 g/mol. The van der Waals surface area contributed by atoms with E-state index in [1.165, 1.54) is 0 Å². The van der Waals surface area contributed by atoms with Crippen LogP contribution < -0.4 is 5.32 Å². The molecule has 2 N–H and O–H groups in total. The number of hydrogen-bond acceptors (Lipinski definition) is 3. The summed E-state index contributed by atoms with van der Waals surface area (Å²) in [5.74, 6) is 0.614. The number of aryl methyl sites for hydroxylation is 1. The van der Waals surface area contributed by atoms with Crippen LogP contribution in [0.2, 0.25) is 0 Å². The normalized spacial score (nSPS) is 17.5. The zero-order valence-electron chi connectivity index (χ0n) is 12.2.